The molecule has 2 heterocycles. The zero-order valence-corrected chi connectivity index (χ0v) is 14.4. The summed E-state index contributed by atoms with van der Waals surface area (Å²) in [6, 6.07) is 11.7. The highest BCUT2D eigenvalue weighted by atomic mass is 79.9. The van der Waals surface area contributed by atoms with Crippen LogP contribution in [0.2, 0.25) is 0 Å². The van der Waals surface area contributed by atoms with Gasteiger partial charge >= 0.3 is 0 Å². The molecule has 1 amide bonds. The number of likely N-dealkylation sites (tertiary alicyclic amines) is 1. The highest BCUT2D eigenvalue weighted by Crippen LogP contribution is 2.22. The molecule has 1 aliphatic heterocycles. The van der Waals surface area contributed by atoms with Gasteiger partial charge in [-0.15, -0.1) is 0 Å². The van der Waals surface area contributed by atoms with E-state index in [-0.39, 0.29) is 5.91 Å². The second kappa shape index (κ2) is 7.59. The molecule has 120 valence electrons. The van der Waals surface area contributed by atoms with E-state index in [1.54, 1.807) is 12.4 Å². The van der Waals surface area contributed by atoms with E-state index in [2.05, 4.69) is 20.9 Å². The number of ether oxygens (including phenoxy) is 1. The number of aromatic nitrogens is 1. The smallest absolute Gasteiger partial charge is 0.255 e. The van der Waals surface area contributed by atoms with Crippen molar-refractivity contribution >= 4 is 21.8 Å². The molecule has 0 spiro atoms. The van der Waals surface area contributed by atoms with Crippen LogP contribution in [0.15, 0.2) is 53.3 Å². The maximum atomic E-state index is 12.5. The number of benzene rings is 1. The maximum absolute atomic E-state index is 12.5. The highest BCUT2D eigenvalue weighted by molar-refractivity contribution is 9.10. The molecule has 0 radical (unpaired) electrons. The second-order valence-electron chi connectivity index (χ2n) is 5.75. The summed E-state index contributed by atoms with van der Waals surface area (Å²) < 4.78 is 6.57. The fourth-order valence-corrected chi connectivity index (χ4v) is 3.19. The third-order valence-corrected chi connectivity index (χ3v) is 4.50. The van der Waals surface area contributed by atoms with E-state index in [9.17, 15) is 4.79 Å². The minimum atomic E-state index is 0.0604. The summed E-state index contributed by atoms with van der Waals surface area (Å²) in [6.07, 6.45) is 5.31. The van der Waals surface area contributed by atoms with Crippen LogP contribution in [0, 0.1) is 5.92 Å². The minimum absolute atomic E-state index is 0.0604. The molecule has 1 unspecified atom stereocenters. The molecule has 0 aliphatic carbocycles. The van der Waals surface area contributed by atoms with Crippen molar-refractivity contribution in [2.75, 3.05) is 19.7 Å². The van der Waals surface area contributed by atoms with Gasteiger partial charge in [0, 0.05) is 30.0 Å². The van der Waals surface area contributed by atoms with Gasteiger partial charge in [-0.1, -0.05) is 18.2 Å². The zero-order valence-electron chi connectivity index (χ0n) is 12.8. The molecule has 0 saturated carbocycles. The van der Waals surface area contributed by atoms with Gasteiger partial charge in [0.05, 0.1) is 12.2 Å². The number of hydrogen-bond acceptors (Lipinski definition) is 3. The largest absolute Gasteiger partial charge is 0.494 e. The van der Waals surface area contributed by atoms with Crippen molar-refractivity contribution in [3.63, 3.8) is 0 Å². The SMILES string of the molecule is O=C(c1cncc(Br)c1)N1CCC(CCOc2ccccc2)C1. The number of halogens is 1. The molecular weight excluding hydrogens is 356 g/mol. The van der Waals surface area contributed by atoms with E-state index in [1.165, 1.54) is 0 Å². The van der Waals surface area contributed by atoms with Crippen molar-refractivity contribution in [3.8, 4) is 5.75 Å². The molecule has 0 bridgehead atoms. The number of para-hydroxylation sites is 1. The lowest BCUT2D eigenvalue weighted by Gasteiger charge is -2.16. The van der Waals surface area contributed by atoms with Gasteiger partial charge in [-0.25, -0.2) is 0 Å². The molecule has 3 rings (SSSR count). The molecule has 23 heavy (non-hydrogen) atoms. The predicted octanol–water partition coefficient (Wildman–Crippen LogP) is 3.78. The Morgan fingerprint density at radius 1 is 1.30 bits per heavy atom. The van der Waals surface area contributed by atoms with Gasteiger partial charge < -0.3 is 9.64 Å². The lowest BCUT2D eigenvalue weighted by molar-refractivity contribution is 0.0784. The van der Waals surface area contributed by atoms with Crippen molar-refractivity contribution < 1.29 is 9.53 Å². The van der Waals surface area contributed by atoms with Crippen molar-refractivity contribution in [2.45, 2.75) is 12.8 Å². The summed E-state index contributed by atoms with van der Waals surface area (Å²) in [6.45, 7) is 2.29. The summed E-state index contributed by atoms with van der Waals surface area (Å²) in [5, 5.41) is 0. The number of carbonyl (C=O) groups excluding carboxylic acids is 1. The first-order valence-electron chi connectivity index (χ1n) is 7.80. The quantitative estimate of drug-likeness (QED) is 0.799. The number of pyridine rings is 1. The summed E-state index contributed by atoms with van der Waals surface area (Å²) in [4.78, 5) is 18.5. The van der Waals surface area contributed by atoms with Gasteiger partial charge in [-0.2, -0.15) is 0 Å². The lowest BCUT2D eigenvalue weighted by atomic mass is 10.1. The molecule has 1 aromatic carbocycles. The average molecular weight is 375 g/mol. The molecule has 1 fully saturated rings. The van der Waals surface area contributed by atoms with E-state index in [0.717, 1.165) is 36.2 Å². The van der Waals surface area contributed by atoms with Crippen molar-refractivity contribution in [1.82, 2.24) is 9.88 Å². The van der Waals surface area contributed by atoms with Crippen LogP contribution in [0.1, 0.15) is 23.2 Å². The first-order valence-corrected chi connectivity index (χ1v) is 8.59. The van der Waals surface area contributed by atoms with E-state index in [0.29, 0.717) is 18.1 Å². The maximum Gasteiger partial charge on any atom is 0.255 e. The van der Waals surface area contributed by atoms with Gasteiger partial charge in [0.2, 0.25) is 0 Å². The lowest BCUT2D eigenvalue weighted by Crippen LogP contribution is -2.29. The Bertz CT molecular complexity index is 663. The number of nitrogens with zero attached hydrogens (tertiary/aromatic N) is 2. The first kappa shape index (κ1) is 16.0. The topological polar surface area (TPSA) is 42.4 Å². The van der Waals surface area contributed by atoms with Crippen molar-refractivity contribution in [1.29, 1.82) is 0 Å². The van der Waals surface area contributed by atoms with Crippen LogP contribution in [0.4, 0.5) is 0 Å². The fraction of sp³-hybridized carbons (Fsp3) is 0.333. The number of rotatable bonds is 5. The Morgan fingerprint density at radius 3 is 2.91 bits per heavy atom. The zero-order chi connectivity index (χ0) is 16.1. The number of carbonyl (C=O) groups is 1. The van der Waals surface area contributed by atoms with Crippen molar-refractivity contribution in [3.05, 3.63) is 58.8 Å². The third-order valence-electron chi connectivity index (χ3n) is 4.06. The third kappa shape index (κ3) is 4.32. The van der Waals surface area contributed by atoms with E-state index >= 15 is 0 Å². The molecule has 1 saturated heterocycles. The Kier molecular flexibility index (Phi) is 5.28. The Balaban J connectivity index is 1.47. The molecule has 2 aromatic rings. The molecular formula is C18H19BrN2O2. The summed E-state index contributed by atoms with van der Waals surface area (Å²) in [7, 11) is 0. The standard InChI is InChI=1S/C18H19BrN2O2/c19-16-10-15(11-20-12-16)18(22)21-8-6-14(13-21)7-9-23-17-4-2-1-3-5-17/h1-5,10-12,14H,6-9,13H2. The van der Waals surface area contributed by atoms with Gasteiger partial charge in [-0.3, -0.25) is 9.78 Å². The van der Waals surface area contributed by atoms with Crippen LogP contribution in [0.25, 0.3) is 0 Å². The Labute approximate surface area is 144 Å². The van der Waals surface area contributed by atoms with Gasteiger partial charge in [0.1, 0.15) is 5.75 Å². The Hall–Kier alpha value is -1.88. The van der Waals surface area contributed by atoms with Crippen LogP contribution in [0.3, 0.4) is 0 Å². The molecule has 1 aromatic heterocycles. The summed E-state index contributed by atoms with van der Waals surface area (Å²) in [5.74, 6) is 1.46. The van der Waals surface area contributed by atoms with Crippen LogP contribution >= 0.6 is 15.9 Å². The van der Waals surface area contributed by atoms with Gasteiger partial charge in [0.15, 0.2) is 0 Å². The number of hydrogen-bond donors (Lipinski definition) is 0. The van der Waals surface area contributed by atoms with Gasteiger partial charge in [-0.05, 0) is 52.9 Å². The molecule has 0 N–H and O–H groups in total. The van der Waals surface area contributed by atoms with Crippen molar-refractivity contribution in [2.24, 2.45) is 5.92 Å². The molecule has 5 heteroatoms. The Morgan fingerprint density at radius 2 is 2.13 bits per heavy atom. The monoisotopic (exact) mass is 374 g/mol. The highest BCUT2D eigenvalue weighted by Gasteiger charge is 2.27. The van der Waals surface area contributed by atoms with Crippen LogP contribution < -0.4 is 4.74 Å². The first-order chi connectivity index (χ1) is 11.2. The average Bonchev–Trinajstić information content (AvgIpc) is 3.04. The fourth-order valence-electron chi connectivity index (χ4n) is 2.82. The van der Waals surface area contributed by atoms with Crippen LogP contribution in [-0.4, -0.2) is 35.5 Å². The van der Waals surface area contributed by atoms with Crippen LogP contribution in [0.5, 0.6) is 5.75 Å². The van der Waals surface area contributed by atoms with E-state index in [1.807, 2.05) is 41.3 Å². The number of amides is 1. The van der Waals surface area contributed by atoms with E-state index in [4.69, 9.17) is 4.74 Å². The van der Waals surface area contributed by atoms with Gasteiger partial charge in [0.25, 0.3) is 5.91 Å². The summed E-state index contributed by atoms with van der Waals surface area (Å²) in [5.41, 5.74) is 0.639. The van der Waals surface area contributed by atoms with E-state index < -0.39 is 0 Å². The molecule has 1 atom stereocenters. The minimum Gasteiger partial charge on any atom is -0.494 e. The normalized spacial score (nSPS) is 17.3. The van der Waals surface area contributed by atoms with Crippen LogP contribution in [-0.2, 0) is 0 Å². The molecule has 4 nitrogen and oxygen atoms in total. The molecule has 1 aliphatic rings. The summed E-state index contributed by atoms with van der Waals surface area (Å²) >= 11 is 3.36. The second-order valence-corrected chi connectivity index (χ2v) is 6.66. The predicted molar refractivity (Wildman–Crippen MR) is 92.5 cm³/mol.